The molecule has 3 rings (SSSR count). The van der Waals surface area contributed by atoms with Gasteiger partial charge >= 0.3 is 18.1 Å². The Kier molecular flexibility index (Phi) is 6.65. The standard InChI is InChI=1S/C16H11N5O3.C2HF3O2/c1-9(22)16-12-3-2-10(11-6-18-14(5-17)19-7-11)4-13(12)21(20-16)8-15(23)24;3-2(4,5)1(6)7/h2-4,6-7H,8H2,1H3,(H,23,24);(H,6,7). The van der Waals surface area contributed by atoms with Crippen molar-refractivity contribution in [1.82, 2.24) is 19.7 Å². The van der Waals surface area contributed by atoms with Crippen molar-refractivity contribution in [3.8, 4) is 17.2 Å². The highest BCUT2D eigenvalue weighted by Gasteiger charge is 2.38. The van der Waals surface area contributed by atoms with Gasteiger partial charge in [-0.05, 0) is 17.7 Å². The third-order valence-electron chi connectivity index (χ3n) is 3.70. The summed E-state index contributed by atoms with van der Waals surface area (Å²) in [4.78, 5) is 39.5. The van der Waals surface area contributed by atoms with Gasteiger partial charge in [-0.2, -0.15) is 23.5 Å². The van der Waals surface area contributed by atoms with Gasteiger partial charge < -0.3 is 10.2 Å². The number of alkyl halides is 3. The molecule has 0 unspecified atom stereocenters. The monoisotopic (exact) mass is 435 g/mol. The van der Waals surface area contributed by atoms with Crippen LogP contribution in [0.15, 0.2) is 30.6 Å². The molecule has 0 bridgehead atoms. The maximum absolute atomic E-state index is 11.7. The normalized spacial score (nSPS) is 10.7. The van der Waals surface area contributed by atoms with Crippen molar-refractivity contribution in [1.29, 1.82) is 5.26 Å². The first-order valence-electron chi connectivity index (χ1n) is 8.20. The Morgan fingerprint density at radius 3 is 2.16 bits per heavy atom. The third-order valence-corrected chi connectivity index (χ3v) is 3.70. The quantitative estimate of drug-likeness (QED) is 0.586. The predicted octanol–water partition coefficient (Wildman–Crippen LogP) is 2.29. The molecular formula is C18H12F3N5O5. The van der Waals surface area contributed by atoms with Crippen LogP contribution in [0.5, 0.6) is 0 Å². The summed E-state index contributed by atoms with van der Waals surface area (Å²) in [5.41, 5.74) is 2.16. The minimum absolute atomic E-state index is 0.0645. The molecule has 2 heterocycles. The summed E-state index contributed by atoms with van der Waals surface area (Å²) >= 11 is 0. The number of carbonyl (C=O) groups excluding carboxylic acids is 1. The first-order valence-corrected chi connectivity index (χ1v) is 8.20. The molecule has 13 heteroatoms. The molecule has 0 fully saturated rings. The van der Waals surface area contributed by atoms with E-state index in [4.69, 9.17) is 20.3 Å². The van der Waals surface area contributed by atoms with Gasteiger partial charge in [-0.25, -0.2) is 14.8 Å². The van der Waals surface area contributed by atoms with Gasteiger partial charge in [-0.3, -0.25) is 14.3 Å². The molecule has 2 aromatic heterocycles. The Morgan fingerprint density at radius 2 is 1.71 bits per heavy atom. The van der Waals surface area contributed by atoms with E-state index in [0.717, 1.165) is 5.56 Å². The minimum atomic E-state index is -5.08. The molecule has 0 aliphatic rings. The average molecular weight is 435 g/mol. The fourth-order valence-electron chi connectivity index (χ4n) is 2.40. The fourth-order valence-corrected chi connectivity index (χ4v) is 2.40. The van der Waals surface area contributed by atoms with Crippen molar-refractivity contribution < 1.29 is 37.8 Å². The van der Waals surface area contributed by atoms with E-state index in [1.807, 2.05) is 6.07 Å². The van der Waals surface area contributed by atoms with E-state index in [0.29, 0.717) is 16.5 Å². The van der Waals surface area contributed by atoms with E-state index in [9.17, 15) is 22.8 Å². The number of benzene rings is 1. The van der Waals surface area contributed by atoms with Crippen LogP contribution in [0.2, 0.25) is 0 Å². The Bertz CT molecular complexity index is 1200. The van der Waals surface area contributed by atoms with E-state index < -0.39 is 18.1 Å². The van der Waals surface area contributed by atoms with Gasteiger partial charge in [0.15, 0.2) is 5.78 Å². The number of aromatic nitrogens is 4. The van der Waals surface area contributed by atoms with Crippen molar-refractivity contribution in [3.63, 3.8) is 0 Å². The Labute approximate surface area is 171 Å². The number of carboxylic acid groups (broad SMARTS) is 2. The molecule has 0 saturated heterocycles. The molecule has 0 aliphatic heterocycles. The number of nitrogens with zero attached hydrogens (tertiary/aromatic N) is 5. The number of hydrogen-bond donors (Lipinski definition) is 2. The van der Waals surface area contributed by atoms with Crippen LogP contribution in [0.3, 0.4) is 0 Å². The number of fused-ring (bicyclic) bond motifs is 1. The SMILES string of the molecule is CC(=O)c1nn(CC(=O)O)c2cc(-c3cnc(C#N)nc3)ccc12.O=C(O)C(F)(F)F. The smallest absolute Gasteiger partial charge is 0.480 e. The van der Waals surface area contributed by atoms with Crippen molar-refractivity contribution in [2.24, 2.45) is 0 Å². The van der Waals surface area contributed by atoms with Crippen molar-refractivity contribution in [2.45, 2.75) is 19.6 Å². The highest BCUT2D eigenvalue weighted by molar-refractivity contribution is 6.05. The lowest BCUT2D eigenvalue weighted by molar-refractivity contribution is -0.192. The first kappa shape index (κ1) is 22.9. The lowest BCUT2D eigenvalue weighted by Crippen LogP contribution is -2.21. The second kappa shape index (κ2) is 8.99. The summed E-state index contributed by atoms with van der Waals surface area (Å²) in [5, 5.41) is 29.6. The van der Waals surface area contributed by atoms with Crippen LogP contribution in [0.4, 0.5) is 13.2 Å². The van der Waals surface area contributed by atoms with Crippen molar-refractivity contribution in [3.05, 3.63) is 42.1 Å². The zero-order chi connectivity index (χ0) is 23.3. The van der Waals surface area contributed by atoms with E-state index in [1.54, 1.807) is 18.2 Å². The van der Waals surface area contributed by atoms with E-state index in [2.05, 4.69) is 15.1 Å². The molecule has 3 aromatic rings. The lowest BCUT2D eigenvalue weighted by Gasteiger charge is -2.03. The zero-order valence-electron chi connectivity index (χ0n) is 15.6. The molecule has 10 nitrogen and oxygen atoms in total. The molecular weight excluding hydrogens is 423 g/mol. The second-order valence-corrected chi connectivity index (χ2v) is 5.90. The number of rotatable bonds is 4. The summed E-state index contributed by atoms with van der Waals surface area (Å²) in [7, 11) is 0. The van der Waals surface area contributed by atoms with Gasteiger partial charge in [0.25, 0.3) is 0 Å². The van der Waals surface area contributed by atoms with Crippen molar-refractivity contribution in [2.75, 3.05) is 0 Å². The summed E-state index contributed by atoms with van der Waals surface area (Å²) in [6.07, 6.45) is -2.06. The van der Waals surface area contributed by atoms with Crippen LogP contribution in [-0.4, -0.2) is 53.9 Å². The largest absolute Gasteiger partial charge is 0.490 e. The van der Waals surface area contributed by atoms with Gasteiger partial charge in [0.05, 0.1) is 5.52 Å². The number of Topliss-reactive ketones (excluding diaryl/α,β-unsaturated/α-hetero) is 1. The van der Waals surface area contributed by atoms with Crippen molar-refractivity contribution >= 4 is 28.6 Å². The molecule has 0 saturated carbocycles. The van der Waals surface area contributed by atoms with Gasteiger partial charge in [0.2, 0.25) is 5.82 Å². The highest BCUT2D eigenvalue weighted by Crippen LogP contribution is 2.26. The molecule has 0 amide bonds. The van der Waals surface area contributed by atoms with Crippen LogP contribution in [-0.2, 0) is 16.1 Å². The predicted molar refractivity (Wildman–Crippen MR) is 96.8 cm³/mol. The molecule has 160 valence electrons. The summed E-state index contributed by atoms with van der Waals surface area (Å²) in [5.74, 6) is -3.98. The lowest BCUT2D eigenvalue weighted by atomic mass is 10.1. The van der Waals surface area contributed by atoms with Gasteiger partial charge in [0.1, 0.15) is 18.3 Å². The molecule has 0 atom stereocenters. The number of ketones is 1. The second-order valence-electron chi connectivity index (χ2n) is 5.90. The Morgan fingerprint density at radius 1 is 1.13 bits per heavy atom. The number of carboxylic acids is 2. The molecule has 31 heavy (non-hydrogen) atoms. The van der Waals surface area contributed by atoms with Gasteiger partial charge in [0, 0.05) is 30.3 Å². The molecule has 0 aliphatic carbocycles. The number of aliphatic carboxylic acids is 2. The number of nitriles is 1. The highest BCUT2D eigenvalue weighted by atomic mass is 19.4. The topological polar surface area (TPSA) is 159 Å². The molecule has 2 N–H and O–H groups in total. The molecule has 0 radical (unpaired) electrons. The average Bonchev–Trinajstić information content (AvgIpc) is 3.05. The van der Waals surface area contributed by atoms with Crippen LogP contribution >= 0.6 is 0 Å². The molecule has 0 spiro atoms. The van der Waals surface area contributed by atoms with Crippen LogP contribution in [0.1, 0.15) is 23.2 Å². The van der Waals surface area contributed by atoms with E-state index >= 15 is 0 Å². The third kappa shape index (κ3) is 5.60. The number of carbonyl (C=O) groups is 3. The first-order chi connectivity index (χ1) is 14.4. The summed E-state index contributed by atoms with van der Waals surface area (Å²) in [6, 6.07) is 7.05. The fraction of sp³-hybridized carbons (Fsp3) is 0.167. The van der Waals surface area contributed by atoms with Crippen LogP contribution in [0, 0.1) is 11.3 Å². The Balaban J connectivity index is 0.000000423. The summed E-state index contributed by atoms with van der Waals surface area (Å²) < 4.78 is 33.0. The molecule has 1 aromatic carbocycles. The summed E-state index contributed by atoms with van der Waals surface area (Å²) in [6.45, 7) is 1.03. The number of hydrogen-bond acceptors (Lipinski definition) is 7. The Hall–Kier alpha value is -4.34. The van der Waals surface area contributed by atoms with Gasteiger partial charge in [-0.15, -0.1) is 0 Å². The maximum atomic E-state index is 11.7. The van der Waals surface area contributed by atoms with E-state index in [1.165, 1.54) is 24.0 Å². The van der Waals surface area contributed by atoms with Gasteiger partial charge in [-0.1, -0.05) is 6.07 Å². The van der Waals surface area contributed by atoms with E-state index in [-0.39, 0.29) is 23.8 Å². The number of halogens is 3. The zero-order valence-corrected chi connectivity index (χ0v) is 15.6. The maximum Gasteiger partial charge on any atom is 0.490 e. The van der Waals surface area contributed by atoms with Crippen LogP contribution < -0.4 is 0 Å². The van der Waals surface area contributed by atoms with Crippen LogP contribution in [0.25, 0.3) is 22.0 Å². The minimum Gasteiger partial charge on any atom is -0.480 e.